The van der Waals surface area contributed by atoms with E-state index in [4.69, 9.17) is 4.42 Å². The Bertz CT molecular complexity index is 1190. The molecular weight excluding hydrogens is 440 g/mol. The summed E-state index contributed by atoms with van der Waals surface area (Å²) >= 11 is 3.32. The lowest BCUT2D eigenvalue weighted by Gasteiger charge is -2.06. The second kappa shape index (κ2) is 7.61. The van der Waals surface area contributed by atoms with Crippen LogP contribution in [0.2, 0.25) is 0 Å². The van der Waals surface area contributed by atoms with Gasteiger partial charge in [-0.3, -0.25) is 0 Å². The Morgan fingerprint density at radius 3 is 2.07 bits per heavy atom. The van der Waals surface area contributed by atoms with Crippen LogP contribution in [0.15, 0.2) is 104 Å². The van der Waals surface area contributed by atoms with E-state index in [1.165, 1.54) is 12.1 Å². The van der Waals surface area contributed by atoms with Crippen LogP contribution in [0.4, 0.5) is 11.6 Å². The lowest BCUT2D eigenvalue weighted by atomic mass is 10.2. The zero-order valence-corrected chi connectivity index (χ0v) is 16.9. The van der Waals surface area contributed by atoms with Crippen LogP contribution in [-0.4, -0.2) is 13.4 Å². The topological polar surface area (TPSA) is 72.2 Å². The molecule has 0 saturated heterocycles. The summed E-state index contributed by atoms with van der Waals surface area (Å²) in [5, 5.41) is 2.88. The summed E-state index contributed by atoms with van der Waals surface area (Å²) in [6, 6.07) is 24.8. The number of sulfone groups is 1. The van der Waals surface area contributed by atoms with Crippen molar-refractivity contribution in [3.8, 4) is 11.5 Å². The van der Waals surface area contributed by atoms with Crippen molar-refractivity contribution in [1.82, 2.24) is 4.98 Å². The van der Waals surface area contributed by atoms with E-state index in [1.54, 1.807) is 12.1 Å². The molecule has 0 aliphatic heterocycles. The van der Waals surface area contributed by atoms with Gasteiger partial charge in [-0.25, -0.2) is 8.42 Å². The van der Waals surface area contributed by atoms with Gasteiger partial charge in [0, 0.05) is 15.7 Å². The molecule has 3 aromatic carbocycles. The fourth-order valence-corrected chi connectivity index (χ4v) is 4.17. The zero-order chi connectivity index (χ0) is 19.6. The molecule has 0 spiro atoms. The molecule has 4 aromatic rings. The SMILES string of the molecule is O=S(=O)(c1ccc(Br)cc1)c1nc(-c2ccccc2)oc1Nc1ccccc1. The summed E-state index contributed by atoms with van der Waals surface area (Å²) in [7, 11) is -3.88. The van der Waals surface area contributed by atoms with E-state index in [1.807, 2.05) is 60.7 Å². The van der Waals surface area contributed by atoms with Crippen LogP contribution in [0.5, 0.6) is 0 Å². The molecule has 1 heterocycles. The zero-order valence-electron chi connectivity index (χ0n) is 14.5. The van der Waals surface area contributed by atoms with Crippen LogP contribution < -0.4 is 5.32 Å². The Hall–Kier alpha value is -2.90. The monoisotopic (exact) mass is 454 g/mol. The highest BCUT2D eigenvalue weighted by Gasteiger charge is 2.28. The van der Waals surface area contributed by atoms with Gasteiger partial charge in [-0.1, -0.05) is 52.3 Å². The Morgan fingerprint density at radius 1 is 0.821 bits per heavy atom. The van der Waals surface area contributed by atoms with Gasteiger partial charge in [0.25, 0.3) is 0 Å². The molecule has 0 radical (unpaired) electrons. The number of halogens is 1. The van der Waals surface area contributed by atoms with Crippen molar-refractivity contribution in [3.63, 3.8) is 0 Å². The van der Waals surface area contributed by atoms with Crippen LogP contribution in [0.25, 0.3) is 11.5 Å². The smallest absolute Gasteiger partial charge is 0.238 e. The molecule has 0 aliphatic carbocycles. The minimum Gasteiger partial charge on any atom is -0.419 e. The van der Waals surface area contributed by atoms with Crippen LogP contribution in [-0.2, 0) is 9.84 Å². The lowest BCUT2D eigenvalue weighted by molar-refractivity contribution is 0.582. The molecule has 4 rings (SSSR count). The second-order valence-corrected chi connectivity index (χ2v) is 8.75. The van der Waals surface area contributed by atoms with E-state index < -0.39 is 9.84 Å². The van der Waals surface area contributed by atoms with Crippen molar-refractivity contribution in [2.45, 2.75) is 9.92 Å². The van der Waals surface area contributed by atoms with Gasteiger partial charge in [-0.15, -0.1) is 0 Å². The molecule has 0 fully saturated rings. The number of benzene rings is 3. The Kier molecular flexibility index (Phi) is 5.02. The standard InChI is InChI=1S/C21H15BrN2O3S/c22-16-11-13-18(14-12-16)28(25,26)21-20(23-17-9-5-2-6-10-17)27-19(24-21)15-7-3-1-4-8-15/h1-14,23H. The van der Waals surface area contributed by atoms with E-state index in [2.05, 4.69) is 26.2 Å². The summed E-state index contributed by atoms with van der Waals surface area (Å²) in [5.41, 5.74) is 1.39. The number of para-hydroxylation sites is 1. The summed E-state index contributed by atoms with van der Waals surface area (Å²) in [5.74, 6) is 0.308. The number of hydrogen-bond donors (Lipinski definition) is 1. The predicted molar refractivity (Wildman–Crippen MR) is 111 cm³/mol. The average molecular weight is 455 g/mol. The predicted octanol–water partition coefficient (Wildman–Crippen LogP) is 5.68. The lowest BCUT2D eigenvalue weighted by Crippen LogP contribution is -2.05. The van der Waals surface area contributed by atoms with Gasteiger partial charge in [-0.05, 0) is 48.5 Å². The molecule has 0 atom stereocenters. The quantitative estimate of drug-likeness (QED) is 0.419. The molecule has 0 amide bonds. The number of oxazole rings is 1. The molecule has 1 N–H and O–H groups in total. The van der Waals surface area contributed by atoms with Gasteiger partial charge >= 0.3 is 0 Å². The number of anilines is 2. The molecule has 0 bridgehead atoms. The second-order valence-electron chi connectivity index (χ2n) is 5.97. The van der Waals surface area contributed by atoms with Gasteiger partial charge in [-0.2, -0.15) is 4.98 Å². The van der Waals surface area contributed by atoms with E-state index in [0.717, 1.165) is 4.47 Å². The normalized spacial score (nSPS) is 11.3. The molecule has 28 heavy (non-hydrogen) atoms. The van der Waals surface area contributed by atoms with Gasteiger partial charge in [0.2, 0.25) is 26.6 Å². The molecule has 0 aliphatic rings. The average Bonchev–Trinajstić information content (AvgIpc) is 3.14. The maximum absolute atomic E-state index is 13.2. The van der Waals surface area contributed by atoms with Gasteiger partial charge in [0.15, 0.2) is 0 Å². The molecule has 1 aromatic heterocycles. The van der Waals surface area contributed by atoms with Crippen molar-refractivity contribution in [2.24, 2.45) is 0 Å². The largest absolute Gasteiger partial charge is 0.419 e. The van der Waals surface area contributed by atoms with Crippen LogP contribution in [0, 0.1) is 0 Å². The van der Waals surface area contributed by atoms with E-state index in [-0.39, 0.29) is 21.7 Å². The molecule has 0 unspecified atom stereocenters. The first-order valence-corrected chi connectivity index (χ1v) is 10.7. The van der Waals surface area contributed by atoms with E-state index in [9.17, 15) is 8.42 Å². The van der Waals surface area contributed by atoms with Crippen LogP contribution in [0.3, 0.4) is 0 Å². The molecular formula is C21H15BrN2O3S. The van der Waals surface area contributed by atoms with Crippen LogP contribution in [0.1, 0.15) is 0 Å². The highest BCUT2D eigenvalue weighted by atomic mass is 79.9. The highest BCUT2D eigenvalue weighted by Crippen LogP contribution is 2.34. The first-order valence-electron chi connectivity index (χ1n) is 8.43. The third-order valence-electron chi connectivity index (χ3n) is 4.03. The summed E-state index contributed by atoms with van der Waals surface area (Å²) < 4.78 is 33.1. The van der Waals surface area contributed by atoms with Crippen molar-refractivity contribution >= 4 is 37.3 Å². The number of aromatic nitrogens is 1. The molecule has 5 nitrogen and oxygen atoms in total. The number of nitrogens with one attached hydrogen (secondary N) is 1. The highest BCUT2D eigenvalue weighted by molar-refractivity contribution is 9.10. The van der Waals surface area contributed by atoms with E-state index in [0.29, 0.717) is 11.3 Å². The van der Waals surface area contributed by atoms with Crippen molar-refractivity contribution in [2.75, 3.05) is 5.32 Å². The Morgan fingerprint density at radius 2 is 1.43 bits per heavy atom. The first kappa shape index (κ1) is 18.5. The number of hydrogen-bond acceptors (Lipinski definition) is 5. The Labute approximate surface area is 171 Å². The molecule has 140 valence electrons. The van der Waals surface area contributed by atoms with Gasteiger partial charge in [0.1, 0.15) is 0 Å². The maximum atomic E-state index is 13.2. The fourth-order valence-electron chi connectivity index (χ4n) is 2.65. The molecule has 7 heteroatoms. The maximum Gasteiger partial charge on any atom is 0.238 e. The minimum atomic E-state index is -3.88. The summed E-state index contributed by atoms with van der Waals surface area (Å²) in [6.45, 7) is 0. The first-order chi connectivity index (χ1) is 13.5. The van der Waals surface area contributed by atoms with E-state index >= 15 is 0 Å². The summed E-state index contributed by atoms with van der Waals surface area (Å²) in [6.07, 6.45) is 0. The van der Waals surface area contributed by atoms with Gasteiger partial charge in [0.05, 0.1) is 4.90 Å². The third kappa shape index (κ3) is 3.72. The number of nitrogens with zero attached hydrogens (tertiary/aromatic N) is 1. The van der Waals surface area contributed by atoms with Crippen LogP contribution >= 0.6 is 15.9 Å². The third-order valence-corrected chi connectivity index (χ3v) is 6.23. The number of rotatable bonds is 5. The fraction of sp³-hybridized carbons (Fsp3) is 0. The molecule has 0 saturated carbocycles. The van der Waals surface area contributed by atoms with Crippen molar-refractivity contribution < 1.29 is 12.8 Å². The van der Waals surface area contributed by atoms with Crippen molar-refractivity contribution in [3.05, 3.63) is 89.4 Å². The van der Waals surface area contributed by atoms with Crippen molar-refractivity contribution in [1.29, 1.82) is 0 Å². The van der Waals surface area contributed by atoms with Gasteiger partial charge < -0.3 is 9.73 Å². The minimum absolute atomic E-state index is 0.0768. The summed E-state index contributed by atoms with van der Waals surface area (Å²) in [4.78, 5) is 4.46. The Balaban J connectivity index is 1.84.